The molecule has 0 unspecified atom stereocenters. The summed E-state index contributed by atoms with van der Waals surface area (Å²) in [7, 11) is 0. The van der Waals surface area contributed by atoms with Gasteiger partial charge in [0.25, 0.3) is 0 Å². The number of nitrogens with two attached hydrogens (primary N) is 1. The van der Waals surface area contributed by atoms with Gasteiger partial charge in [0.15, 0.2) is 11.6 Å². The Labute approximate surface area is 140 Å². The van der Waals surface area contributed by atoms with E-state index < -0.39 is 0 Å². The topological polar surface area (TPSA) is 92.4 Å². The van der Waals surface area contributed by atoms with E-state index in [-0.39, 0.29) is 34.1 Å². The van der Waals surface area contributed by atoms with Crippen LogP contribution in [0.1, 0.15) is 58.0 Å². The molecule has 4 N–H and O–H groups in total. The molecule has 0 aromatic heterocycles. The van der Waals surface area contributed by atoms with Crippen molar-refractivity contribution in [3.8, 4) is 5.75 Å². The fraction of sp³-hybridized carbons (Fsp3) is 0.263. The van der Waals surface area contributed by atoms with E-state index in [2.05, 4.69) is 12.2 Å². The minimum atomic E-state index is -0.329. The third kappa shape index (κ3) is 2.52. The molecule has 0 amide bonds. The van der Waals surface area contributed by atoms with Crippen LogP contribution in [0.5, 0.6) is 5.75 Å². The number of carbonyl (C=O) groups is 2. The minimum absolute atomic E-state index is 0.0445. The van der Waals surface area contributed by atoms with Gasteiger partial charge >= 0.3 is 0 Å². The molecule has 0 saturated carbocycles. The first kappa shape index (κ1) is 16.1. The van der Waals surface area contributed by atoms with E-state index in [1.54, 1.807) is 24.3 Å². The molecule has 24 heavy (non-hydrogen) atoms. The molecular weight excluding hydrogens is 304 g/mol. The molecule has 124 valence electrons. The average Bonchev–Trinajstić information content (AvgIpc) is 2.59. The lowest BCUT2D eigenvalue weighted by Gasteiger charge is -2.23. The fourth-order valence-corrected chi connectivity index (χ4v) is 3.04. The summed E-state index contributed by atoms with van der Waals surface area (Å²) in [5.74, 6) is -0.762. The number of carbonyl (C=O) groups excluding carboxylic acids is 2. The maximum atomic E-state index is 12.9. The van der Waals surface area contributed by atoms with Crippen molar-refractivity contribution >= 4 is 22.9 Å². The van der Waals surface area contributed by atoms with Crippen molar-refractivity contribution in [3.63, 3.8) is 0 Å². The molecule has 0 heterocycles. The number of hydrogen-bond donors (Lipinski definition) is 3. The normalized spacial score (nSPS) is 12.7. The van der Waals surface area contributed by atoms with E-state index in [1.807, 2.05) is 0 Å². The van der Waals surface area contributed by atoms with E-state index in [0.717, 1.165) is 19.3 Å². The van der Waals surface area contributed by atoms with Crippen LogP contribution in [0.3, 0.4) is 0 Å². The summed E-state index contributed by atoms with van der Waals surface area (Å²) in [5.41, 5.74) is 7.37. The van der Waals surface area contributed by atoms with Gasteiger partial charge in [-0.05, 0) is 6.42 Å². The molecule has 5 nitrogen and oxygen atoms in total. The highest BCUT2D eigenvalue weighted by Crippen LogP contribution is 2.40. The molecule has 0 atom stereocenters. The molecule has 0 saturated heterocycles. The summed E-state index contributed by atoms with van der Waals surface area (Å²) in [4.78, 5) is 25.7. The van der Waals surface area contributed by atoms with Gasteiger partial charge in [-0.15, -0.1) is 0 Å². The standard InChI is InChI=1S/C19H20N2O3/c1-2-3-6-9-21-13-10-14(22)17(20)16-15(13)18(23)11-7-4-5-8-12(11)19(16)24/h4-5,7-8,10,21-22H,2-3,6,9,20H2,1H3. The minimum Gasteiger partial charge on any atom is -0.506 e. The summed E-state index contributed by atoms with van der Waals surface area (Å²) < 4.78 is 0. The highest BCUT2D eigenvalue weighted by molar-refractivity contribution is 6.32. The van der Waals surface area contributed by atoms with Crippen molar-refractivity contribution in [2.75, 3.05) is 17.6 Å². The number of aromatic hydroxyl groups is 1. The monoisotopic (exact) mass is 324 g/mol. The van der Waals surface area contributed by atoms with Crippen LogP contribution in [-0.4, -0.2) is 23.2 Å². The Morgan fingerprint density at radius 1 is 1.04 bits per heavy atom. The van der Waals surface area contributed by atoms with E-state index >= 15 is 0 Å². The predicted molar refractivity (Wildman–Crippen MR) is 93.8 cm³/mol. The quantitative estimate of drug-likeness (QED) is 0.380. The van der Waals surface area contributed by atoms with Crippen molar-refractivity contribution in [3.05, 3.63) is 52.6 Å². The smallest absolute Gasteiger partial charge is 0.196 e. The van der Waals surface area contributed by atoms with Gasteiger partial charge in [-0.1, -0.05) is 44.0 Å². The second-order valence-electron chi connectivity index (χ2n) is 5.94. The van der Waals surface area contributed by atoms with Gasteiger partial charge in [-0.25, -0.2) is 0 Å². The number of phenols is 1. The van der Waals surface area contributed by atoms with Gasteiger partial charge in [0.05, 0.1) is 16.8 Å². The summed E-state index contributed by atoms with van der Waals surface area (Å²) in [6.45, 7) is 2.77. The third-order valence-electron chi connectivity index (χ3n) is 4.31. The zero-order valence-corrected chi connectivity index (χ0v) is 13.6. The molecule has 0 spiro atoms. The Bertz CT molecular complexity index is 828. The van der Waals surface area contributed by atoms with E-state index in [0.29, 0.717) is 23.4 Å². The molecule has 0 fully saturated rings. The van der Waals surface area contributed by atoms with E-state index in [1.165, 1.54) is 6.07 Å². The Kier molecular flexibility index (Phi) is 4.25. The summed E-state index contributed by atoms with van der Waals surface area (Å²) in [5, 5.41) is 13.3. The molecule has 1 aliphatic rings. The maximum absolute atomic E-state index is 12.9. The van der Waals surface area contributed by atoms with Crippen LogP contribution in [0.4, 0.5) is 11.4 Å². The lowest BCUT2D eigenvalue weighted by Crippen LogP contribution is -2.24. The number of nitrogens with one attached hydrogen (secondary N) is 1. The highest BCUT2D eigenvalue weighted by Gasteiger charge is 2.34. The van der Waals surface area contributed by atoms with Crippen molar-refractivity contribution in [2.45, 2.75) is 26.2 Å². The number of nitrogen functional groups attached to an aromatic ring is 1. The Balaban J connectivity index is 2.10. The van der Waals surface area contributed by atoms with Gasteiger partial charge < -0.3 is 16.2 Å². The molecule has 3 rings (SSSR count). The maximum Gasteiger partial charge on any atom is 0.196 e. The Morgan fingerprint density at radius 3 is 2.29 bits per heavy atom. The van der Waals surface area contributed by atoms with Crippen LogP contribution >= 0.6 is 0 Å². The first-order chi connectivity index (χ1) is 11.6. The largest absolute Gasteiger partial charge is 0.506 e. The summed E-state index contributed by atoms with van der Waals surface area (Å²) >= 11 is 0. The summed E-state index contributed by atoms with van der Waals surface area (Å²) in [6, 6.07) is 8.11. The first-order valence-corrected chi connectivity index (χ1v) is 8.14. The Morgan fingerprint density at radius 2 is 1.67 bits per heavy atom. The van der Waals surface area contributed by atoms with Crippen molar-refractivity contribution < 1.29 is 14.7 Å². The molecule has 2 aromatic rings. The molecule has 5 heteroatoms. The molecule has 2 aromatic carbocycles. The number of hydrogen-bond acceptors (Lipinski definition) is 5. The average molecular weight is 324 g/mol. The van der Waals surface area contributed by atoms with Crippen LogP contribution in [0, 0.1) is 0 Å². The lowest BCUT2D eigenvalue weighted by atomic mass is 9.82. The lowest BCUT2D eigenvalue weighted by molar-refractivity contribution is 0.0980. The number of phenolic OH excluding ortho intramolecular Hbond substituents is 1. The molecular formula is C19H20N2O3. The molecule has 0 radical (unpaired) electrons. The number of fused-ring (bicyclic) bond motifs is 2. The number of benzene rings is 2. The highest BCUT2D eigenvalue weighted by atomic mass is 16.3. The third-order valence-corrected chi connectivity index (χ3v) is 4.31. The second-order valence-corrected chi connectivity index (χ2v) is 5.94. The first-order valence-electron chi connectivity index (χ1n) is 8.14. The van der Waals surface area contributed by atoms with Crippen LogP contribution in [0.2, 0.25) is 0 Å². The zero-order valence-electron chi connectivity index (χ0n) is 13.6. The fourth-order valence-electron chi connectivity index (χ4n) is 3.04. The van der Waals surface area contributed by atoms with Gasteiger partial charge in [0, 0.05) is 29.4 Å². The number of anilines is 2. The van der Waals surface area contributed by atoms with Gasteiger partial charge in [-0.3, -0.25) is 9.59 Å². The Hall–Kier alpha value is -2.82. The van der Waals surface area contributed by atoms with Gasteiger partial charge in [0.1, 0.15) is 5.75 Å². The zero-order chi connectivity index (χ0) is 17.3. The molecule has 1 aliphatic carbocycles. The second kappa shape index (κ2) is 6.35. The molecule has 0 bridgehead atoms. The van der Waals surface area contributed by atoms with Crippen LogP contribution in [0.15, 0.2) is 30.3 Å². The van der Waals surface area contributed by atoms with Crippen molar-refractivity contribution in [1.82, 2.24) is 0 Å². The van der Waals surface area contributed by atoms with Crippen LogP contribution in [-0.2, 0) is 0 Å². The van der Waals surface area contributed by atoms with Gasteiger partial charge in [-0.2, -0.15) is 0 Å². The summed E-state index contributed by atoms with van der Waals surface area (Å²) in [6.07, 6.45) is 3.08. The van der Waals surface area contributed by atoms with Gasteiger partial charge in [0.2, 0.25) is 0 Å². The molecule has 0 aliphatic heterocycles. The SMILES string of the molecule is CCCCCNc1cc(O)c(N)c2c1C(=O)c1ccccc1C2=O. The van der Waals surface area contributed by atoms with Crippen molar-refractivity contribution in [1.29, 1.82) is 0 Å². The number of ketones is 2. The number of unbranched alkanes of at least 4 members (excludes halogenated alkanes) is 2. The van der Waals surface area contributed by atoms with Crippen LogP contribution in [0.25, 0.3) is 0 Å². The number of rotatable bonds is 5. The van der Waals surface area contributed by atoms with E-state index in [4.69, 9.17) is 5.73 Å². The van der Waals surface area contributed by atoms with Crippen LogP contribution < -0.4 is 11.1 Å². The van der Waals surface area contributed by atoms with E-state index in [9.17, 15) is 14.7 Å². The predicted octanol–water partition coefficient (Wildman–Crippen LogP) is 3.35. The van der Waals surface area contributed by atoms with Crippen molar-refractivity contribution in [2.24, 2.45) is 0 Å².